The van der Waals surface area contributed by atoms with Gasteiger partial charge in [-0.15, -0.1) is 0 Å². The molecule has 1 N–H and O–H groups in total. The first-order valence-corrected chi connectivity index (χ1v) is 6.67. The fourth-order valence-corrected chi connectivity index (χ4v) is 2.05. The van der Waals surface area contributed by atoms with E-state index in [2.05, 4.69) is 5.32 Å². The van der Waals surface area contributed by atoms with Gasteiger partial charge in [0.05, 0.1) is 0 Å². The molecular weight excluding hydrogens is 229 g/mol. The maximum Gasteiger partial charge on any atom is 0.123 e. The van der Waals surface area contributed by atoms with Crippen LogP contribution in [0.1, 0.15) is 30.9 Å². The van der Waals surface area contributed by atoms with E-state index in [9.17, 15) is 4.39 Å². The zero-order valence-corrected chi connectivity index (χ0v) is 11.6. The highest BCUT2D eigenvalue weighted by molar-refractivity contribution is 5.27. The van der Waals surface area contributed by atoms with Gasteiger partial charge in [0.25, 0.3) is 0 Å². The van der Waals surface area contributed by atoms with E-state index in [-0.39, 0.29) is 5.82 Å². The van der Waals surface area contributed by atoms with Gasteiger partial charge in [-0.1, -0.05) is 6.07 Å². The fraction of sp³-hybridized carbons (Fsp3) is 0.600. The summed E-state index contributed by atoms with van der Waals surface area (Å²) >= 11 is 0. The Balaban J connectivity index is 2.48. The first-order chi connectivity index (χ1) is 8.67. The quantitative estimate of drug-likeness (QED) is 0.719. The highest BCUT2D eigenvalue weighted by Crippen LogP contribution is 2.14. The van der Waals surface area contributed by atoms with Gasteiger partial charge in [0.1, 0.15) is 5.82 Å². The Bertz CT molecular complexity index is 354. The normalized spacial score (nSPS) is 12.7. The van der Waals surface area contributed by atoms with Gasteiger partial charge in [-0.2, -0.15) is 0 Å². The molecule has 18 heavy (non-hydrogen) atoms. The molecule has 0 amide bonds. The molecule has 2 nitrogen and oxygen atoms in total. The van der Waals surface area contributed by atoms with Crippen molar-refractivity contribution in [2.75, 3.05) is 20.3 Å². The summed E-state index contributed by atoms with van der Waals surface area (Å²) in [4.78, 5) is 0. The van der Waals surface area contributed by atoms with Crippen LogP contribution in [0.5, 0.6) is 0 Å². The first-order valence-electron chi connectivity index (χ1n) is 6.67. The second-order valence-corrected chi connectivity index (χ2v) is 4.60. The molecule has 1 atom stereocenters. The predicted octanol–water partition coefficient (Wildman–Crippen LogP) is 3.08. The van der Waals surface area contributed by atoms with Crippen LogP contribution < -0.4 is 5.32 Å². The van der Waals surface area contributed by atoms with Crippen molar-refractivity contribution in [3.8, 4) is 0 Å². The number of halogens is 1. The molecule has 1 aromatic rings. The summed E-state index contributed by atoms with van der Waals surface area (Å²) in [5.41, 5.74) is 2.24. The van der Waals surface area contributed by atoms with Crippen LogP contribution >= 0.6 is 0 Å². The molecule has 1 aromatic carbocycles. The Morgan fingerprint density at radius 2 is 2.17 bits per heavy atom. The second-order valence-electron chi connectivity index (χ2n) is 4.60. The van der Waals surface area contributed by atoms with Gasteiger partial charge in [-0.05, 0) is 63.4 Å². The molecule has 0 spiro atoms. The number of hydrogen-bond donors (Lipinski definition) is 1. The van der Waals surface area contributed by atoms with Gasteiger partial charge in [0.2, 0.25) is 0 Å². The van der Waals surface area contributed by atoms with Crippen LogP contribution in [0.25, 0.3) is 0 Å². The average molecular weight is 253 g/mol. The summed E-state index contributed by atoms with van der Waals surface area (Å²) in [5, 5.41) is 3.30. The van der Waals surface area contributed by atoms with E-state index in [1.807, 2.05) is 27.0 Å². The van der Waals surface area contributed by atoms with Crippen molar-refractivity contribution in [3.63, 3.8) is 0 Å². The Labute approximate surface area is 110 Å². The summed E-state index contributed by atoms with van der Waals surface area (Å²) in [6.07, 6.45) is 2.95. The summed E-state index contributed by atoms with van der Waals surface area (Å²) in [6.45, 7) is 5.61. The van der Waals surface area contributed by atoms with E-state index < -0.39 is 0 Å². The highest BCUT2D eigenvalue weighted by atomic mass is 19.1. The predicted molar refractivity (Wildman–Crippen MR) is 73.4 cm³/mol. The lowest BCUT2D eigenvalue weighted by Gasteiger charge is -2.17. The number of hydrogen-bond acceptors (Lipinski definition) is 2. The summed E-state index contributed by atoms with van der Waals surface area (Å²) < 4.78 is 18.5. The molecule has 0 aromatic heterocycles. The Morgan fingerprint density at radius 3 is 2.83 bits per heavy atom. The second kappa shape index (κ2) is 8.22. The summed E-state index contributed by atoms with van der Waals surface area (Å²) in [5.74, 6) is -0.153. The standard InChI is InChI=1S/C15H24FNO/c1-4-18-9-5-6-15(17-3)11-13-10-14(16)8-7-12(13)2/h7-8,10,15,17H,4-6,9,11H2,1-3H3. The Morgan fingerprint density at radius 1 is 1.39 bits per heavy atom. The van der Waals surface area contributed by atoms with Crippen LogP contribution in [-0.4, -0.2) is 26.3 Å². The van der Waals surface area contributed by atoms with Crippen LogP contribution in [0.2, 0.25) is 0 Å². The molecule has 0 radical (unpaired) electrons. The molecular formula is C15H24FNO. The highest BCUT2D eigenvalue weighted by Gasteiger charge is 2.09. The molecule has 0 aliphatic rings. The topological polar surface area (TPSA) is 21.3 Å². The number of ether oxygens (including phenoxy) is 1. The van der Waals surface area contributed by atoms with Gasteiger partial charge in [0.15, 0.2) is 0 Å². The monoisotopic (exact) mass is 253 g/mol. The maximum atomic E-state index is 13.2. The van der Waals surface area contributed by atoms with Crippen LogP contribution in [0, 0.1) is 12.7 Å². The molecule has 0 fully saturated rings. The minimum absolute atomic E-state index is 0.153. The third-order valence-electron chi connectivity index (χ3n) is 3.23. The largest absolute Gasteiger partial charge is 0.382 e. The zero-order chi connectivity index (χ0) is 13.4. The van der Waals surface area contributed by atoms with Crippen LogP contribution in [0.15, 0.2) is 18.2 Å². The average Bonchev–Trinajstić information content (AvgIpc) is 2.37. The molecule has 3 heteroatoms. The number of nitrogens with one attached hydrogen (secondary N) is 1. The SMILES string of the molecule is CCOCCCC(Cc1cc(F)ccc1C)NC. The number of benzene rings is 1. The lowest BCUT2D eigenvalue weighted by molar-refractivity contribution is 0.141. The van der Waals surface area contributed by atoms with Crippen LogP contribution in [0.3, 0.4) is 0 Å². The fourth-order valence-electron chi connectivity index (χ4n) is 2.05. The Kier molecular flexibility index (Phi) is 6.91. The minimum atomic E-state index is -0.153. The van der Waals surface area contributed by atoms with Gasteiger partial charge in [0, 0.05) is 19.3 Å². The van der Waals surface area contributed by atoms with E-state index in [0.29, 0.717) is 6.04 Å². The minimum Gasteiger partial charge on any atom is -0.382 e. The molecule has 0 saturated carbocycles. The van der Waals surface area contributed by atoms with Gasteiger partial charge in [-0.3, -0.25) is 0 Å². The van der Waals surface area contributed by atoms with Gasteiger partial charge < -0.3 is 10.1 Å². The molecule has 0 aliphatic heterocycles. The first kappa shape index (κ1) is 15.1. The number of rotatable bonds is 8. The number of likely N-dealkylation sites (N-methyl/N-ethyl adjacent to an activating group) is 1. The van der Waals surface area contributed by atoms with Crippen molar-refractivity contribution in [2.24, 2.45) is 0 Å². The molecule has 1 unspecified atom stereocenters. The Hall–Kier alpha value is -0.930. The van der Waals surface area contributed by atoms with Crippen molar-refractivity contribution in [3.05, 3.63) is 35.1 Å². The van der Waals surface area contributed by atoms with Crippen molar-refractivity contribution in [1.29, 1.82) is 0 Å². The molecule has 0 aliphatic carbocycles. The van der Waals surface area contributed by atoms with Crippen molar-refractivity contribution in [1.82, 2.24) is 5.32 Å². The molecule has 0 heterocycles. The smallest absolute Gasteiger partial charge is 0.123 e. The maximum absolute atomic E-state index is 13.2. The van der Waals surface area contributed by atoms with Crippen LogP contribution in [-0.2, 0) is 11.2 Å². The zero-order valence-electron chi connectivity index (χ0n) is 11.6. The van der Waals surface area contributed by atoms with E-state index in [1.165, 1.54) is 6.07 Å². The van der Waals surface area contributed by atoms with Crippen molar-refractivity contribution < 1.29 is 9.13 Å². The third kappa shape index (κ3) is 5.15. The van der Waals surface area contributed by atoms with Gasteiger partial charge >= 0.3 is 0 Å². The number of aryl methyl sites for hydroxylation is 1. The lowest BCUT2D eigenvalue weighted by atomic mass is 9.98. The van der Waals surface area contributed by atoms with Crippen molar-refractivity contribution >= 4 is 0 Å². The molecule has 1 rings (SSSR count). The molecule has 0 saturated heterocycles. The summed E-state index contributed by atoms with van der Waals surface area (Å²) in [7, 11) is 1.96. The lowest BCUT2D eigenvalue weighted by Crippen LogP contribution is -2.28. The van der Waals surface area contributed by atoms with E-state index in [4.69, 9.17) is 4.74 Å². The van der Waals surface area contributed by atoms with Crippen molar-refractivity contribution in [2.45, 2.75) is 39.2 Å². The third-order valence-corrected chi connectivity index (χ3v) is 3.23. The molecule has 102 valence electrons. The summed E-state index contributed by atoms with van der Waals surface area (Å²) in [6, 6.07) is 5.38. The van der Waals surface area contributed by atoms with E-state index in [1.54, 1.807) is 6.07 Å². The van der Waals surface area contributed by atoms with E-state index >= 15 is 0 Å². The van der Waals surface area contributed by atoms with Crippen LogP contribution in [0.4, 0.5) is 4.39 Å². The van der Waals surface area contributed by atoms with Gasteiger partial charge in [-0.25, -0.2) is 4.39 Å². The van der Waals surface area contributed by atoms with E-state index in [0.717, 1.165) is 43.6 Å². The molecule has 0 bridgehead atoms.